The van der Waals surface area contributed by atoms with Gasteiger partial charge in [-0.05, 0) is 25.7 Å². The summed E-state index contributed by atoms with van der Waals surface area (Å²) in [5.41, 5.74) is 1.84. The zero-order chi connectivity index (χ0) is 11.4. The molecule has 2 unspecified atom stereocenters. The van der Waals surface area contributed by atoms with Gasteiger partial charge in [0.05, 0.1) is 0 Å². The molecule has 1 heterocycles. The summed E-state index contributed by atoms with van der Waals surface area (Å²) in [7, 11) is 0. The second-order valence-corrected chi connectivity index (χ2v) is 4.82. The lowest BCUT2D eigenvalue weighted by Crippen LogP contribution is -2.33. The lowest BCUT2D eigenvalue weighted by molar-refractivity contribution is 0.273. The molecule has 4 nitrogen and oxygen atoms in total. The van der Waals surface area contributed by atoms with Gasteiger partial charge in [-0.25, -0.2) is 4.63 Å². The molecule has 0 saturated heterocycles. The Hall–Kier alpha value is -0.900. The number of rotatable bonds is 4. The fraction of sp³-hybridized carbons (Fsp3) is 0.833. The highest BCUT2D eigenvalue weighted by molar-refractivity contribution is 5.04. The zero-order valence-corrected chi connectivity index (χ0v) is 10.2. The van der Waals surface area contributed by atoms with Crippen LogP contribution in [0.1, 0.15) is 50.4 Å². The smallest absolute Gasteiger partial charge is 0.121 e. The standard InChI is InChI=1S/C12H21N3O/c1-3-10-5-4-6-11(7-10)13-8-12-9(2)14-16-15-12/h10-11,13H,3-8H2,1-2H3. The number of aromatic nitrogens is 2. The summed E-state index contributed by atoms with van der Waals surface area (Å²) in [5, 5.41) is 11.2. The third-order valence-electron chi connectivity index (χ3n) is 3.66. The average Bonchev–Trinajstić information content (AvgIpc) is 2.72. The van der Waals surface area contributed by atoms with E-state index in [1.54, 1.807) is 0 Å². The van der Waals surface area contributed by atoms with Crippen LogP contribution >= 0.6 is 0 Å². The van der Waals surface area contributed by atoms with Gasteiger partial charge in [-0.2, -0.15) is 0 Å². The minimum atomic E-state index is 0.648. The molecule has 4 heteroatoms. The Morgan fingerprint density at radius 2 is 2.25 bits per heavy atom. The van der Waals surface area contributed by atoms with Crippen molar-refractivity contribution in [1.29, 1.82) is 0 Å². The zero-order valence-electron chi connectivity index (χ0n) is 10.2. The van der Waals surface area contributed by atoms with Crippen LogP contribution in [0.25, 0.3) is 0 Å². The molecule has 2 rings (SSSR count). The Kier molecular flexibility index (Phi) is 3.93. The number of nitrogens with one attached hydrogen (secondary N) is 1. The monoisotopic (exact) mass is 223 g/mol. The van der Waals surface area contributed by atoms with E-state index >= 15 is 0 Å². The van der Waals surface area contributed by atoms with Crippen molar-refractivity contribution in [1.82, 2.24) is 15.6 Å². The van der Waals surface area contributed by atoms with Crippen LogP contribution in [0, 0.1) is 12.8 Å². The molecule has 0 amide bonds. The third kappa shape index (κ3) is 2.82. The van der Waals surface area contributed by atoms with Crippen LogP contribution in [0.2, 0.25) is 0 Å². The number of hydrogen-bond acceptors (Lipinski definition) is 4. The summed E-state index contributed by atoms with van der Waals surface area (Å²) < 4.78 is 4.69. The molecule has 0 bridgehead atoms. The van der Waals surface area contributed by atoms with Crippen LogP contribution in [0.4, 0.5) is 0 Å². The molecule has 1 aliphatic rings. The molecule has 90 valence electrons. The van der Waals surface area contributed by atoms with Gasteiger partial charge in [-0.3, -0.25) is 0 Å². The Labute approximate surface area is 96.8 Å². The maximum atomic E-state index is 4.69. The van der Waals surface area contributed by atoms with Gasteiger partial charge in [0.2, 0.25) is 0 Å². The normalized spacial score (nSPS) is 25.9. The van der Waals surface area contributed by atoms with Crippen LogP contribution in [-0.2, 0) is 6.54 Å². The van der Waals surface area contributed by atoms with Crippen LogP contribution in [0.3, 0.4) is 0 Å². The molecule has 0 aliphatic heterocycles. The van der Waals surface area contributed by atoms with E-state index in [2.05, 4.69) is 27.2 Å². The summed E-state index contributed by atoms with van der Waals surface area (Å²) >= 11 is 0. The molecule has 1 aliphatic carbocycles. The molecule has 0 spiro atoms. The van der Waals surface area contributed by atoms with Crippen molar-refractivity contribution in [3.8, 4) is 0 Å². The molecule has 0 radical (unpaired) electrons. The summed E-state index contributed by atoms with van der Waals surface area (Å²) in [6.07, 6.45) is 6.66. The Bertz CT molecular complexity index is 324. The highest BCUT2D eigenvalue weighted by Gasteiger charge is 2.20. The second-order valence-electron chi connectivity index (χ2n) is 4.82. The highest BCUT2D eigenvalue weighted by Crippen LogP contribution is 2.26. The van der Waals surface area contributed by atoms with E-state index in [1.807, 2.05) is 6.92 Å². The Morgan fingerprint density at radius 1 is 1.38 bits per heavy atom. The number of nitrogens with zero attached hydrogens (tertiary/aromatic N) is 2. The Morgan fingerprint density at radius 3 is 2.94 bits per heavy atom. The first-order chi connectivity index (χ1) is 7.79. The molecular weight excluding hydrogens is 202 g/mol. The maximum Gasteiger partial charge on any atom is 0.121 e. The predicted molar refractivity (Wildman–Crippen MR) is 61.9 cm³/mol. The van der Waals surface area contributed by atoms with Crippen molar-refractivity contribution in [3.63, 3.8) is 0 Å². The molecule has 0 aromatic carbocycles. The van der Waals surface area contributed by atoms with Crippen molar-refractivity contribution in [2.75, 3.05) is 0 Å². The largest absolute Gasteiger partial charge is 0.308 e. The van der Waals surface area contributed by atoms with Gasteiger partial charge in [0.15, 0.2) is 0 Å². The van der Waals surface area contributed by atoms with Crippen LogP contribution in [0.5, 0.6) is 0 Å². The van der Waals surface area contributed by atoms with Crippen LogP contribution in [0.15, 0.2) is 4.63 Å². The lowest BCUT2D eigenvalue weighted by Gasteiger charge is -2.28. The molecule has 1 fully saturated rings. The van der Waals surface area contributed by atoms with Gasteiger partial charge in [0.1, 0.15) is 11.4 Å². The quantitative estimate of drug-likeness (QED) is 0.851. The highest BCUT2D eigenvalue weighted by atomic mass is 16.6. The summed E-state index contributed by atoms with van der Waals surface area (Å²) in [6.45, 7) is 5.01. The van der Waals surface area contributed by atoms with Gasteiger partial charge in [-0.15, -0.1) is 0 Å². The minimum Gasteiger partial charge on any atom is -0.308 e. The molecule has 1 N–H and O–H groups in total. The van der Waals surface area contributed by atoms with E-state index in [9.17, 15) is 0 Å². The van der Waals surface area contributed by atoms with Crippen LogP contribution in [-0.4, -0.2) is 16.4 Å². The molecule has 2 atom stereocenters. The first kappa shape index (κ1) is 11.6. The van der Waals surface area contributed by atoms with E-state index in [-0.39, 0.29) is 0 Å². The van der Waals surface area contributed by atoms with E-state index in [0.29, 0.717) is 6.04 Å². The molecular formula is C12H21N3O. The third-order valence-corrected chi connectivity index (χ3v) is 3.66. The van der Waals surface area contributed by atoms with Crippen molar-refractivity contribution in [3.05, 3.63) is 11.4 Å². The summed E-state index contributed by atoms with van der Waals surface area (Å²) in [4.78, 5) is 0. The summed E-state index contributed by atoms with van der Waals surface area (Å²) in [5.74, 6) is 0.905. The summed E-state index contributed by atoms with van der Waals surface area (Å²) in [6, 6.07) is 0.648. The van der Waals surface area contributed by atoms with E-state index in [1.165, 1.54) is 32.1 Å². The fourth-order valence-electron chi connectivity index (χ4n) is 2.50. The van der Waals surface area contributed by atoms with Crippen molar-refractivity contribution in [2.45, 2.75) is 58.5 Å². The Balaban J connectivity index is 1.79. The van der Waals surface area contributed by atoms with E-state index in [0.717, 1.165) is 23.9 Å². The van der Waals surface area contributed by atoms with Gasteiger partial charge in [0, 0.05) is 12.6 Å². The van der Waals surface area contributed by atoms with Crippen molar-refractivity contribution < 1.29 is 4.63 Å². The van der Waals surface area contributed by atoms with Gasteiger partial charge >= 0.3 is 0 Å². The SMILES string of the molecule is CCC1CCCC(NCc2nonc2C)C1. The van der Waals surface area contributed by atoms with Gasteiger partial charge < -0.3 is 5.32 Å². The lowest BCUT2D eigenvalue weighted by atomic mass is 9.84. The van der Waals surface area contributed by atoms with Crippen molar-refractivity contribution in [2.24, 2.45) is 5.92 Å². The van der Waals surface area contributed by atoms with Gasteiger partial charge in [-0.1, -0.05) is 36.5 Å². The maximum absolute atomic E-state index is 4.69. The average molecular weight is 223 g/mol. The predicted octanol–water partition coefficient (Wildman–Crippen LogP) is 2.44. The first-order valence-electron chi connectivity index (χ1n) is 6.31. The van der Waals surface area contributed by atoms with Crippen LogP contribution < -0.4 is 5.32 Å². The molecule has 1 aromatic heterocycles. The number of hydrogen-bond donors (Lipinski definition) is 1. The fourth-order valence-corrected chi connectivity index (χ4v) is 2.50. The minimum absolute atomic E-state index is 0.648. The first-order valence-corrected chi connectivity index (χ1v) is 6.31. The molecule has 1 aromatic rings. The molecule has 16 heavy (non-hydrogen) atoms. The number of aryl methyl sites for hydroxylation is 1. The molecule has 1 saturated carbocycles. The van der Waals surface area contributed by atoms with Gasteiger partial charge in [0.25, 0.3) is 0 Å². The second kappa shape index (κ2) is 5.43. The van der Waals surface area contributed by atoms with E-state index in [4.69, 9.17) is 0 Å². The van der Waals surface area contributed by atoms with E-state index < -0.39 is 0 Å². The topological polar surface area (TPSA) is 51.0 Å². The van der Waals surface area contributed by atoms with Crippen molar-refractivity contribution >= 4 is 0 Å².